The first-order chi connectivity index (χ1) is 8.90. The van der Waals surface area contributed by atoms with Gasteiger partial charge in [-0.2, -0.15) is 0 Å². The van der Waals surface area contributed by atoms with Crippen molar-refractivity contribution in [1.29, 1.82) is 0 Å². The molecule has 0 unspecified atom stereocenters. The van der Waals surface area contributed by atoms with Gasteiger partial charge >= 0.3 is 5.97 Å². The van der Waals surface area contributed by atoms with Crippen LogP contribution in [0.5, 0.6) is 0 Å². The Bertz CT molecular complexity index is 635. The number of aliphatic carboxylic acids is 1. The molecule has 1 heterocycles. The van der Waals surface area contributed by atoms with Crippen LogP contribution in [-0.2, 0) is 11.3 Å². The molecule has 1 aromatic carbocycles. The lowest BCUT2D eigenvalue weighted by Crippen LogP contribution is -2.08. The fourth-order valence-corrected chi connectivity index (χ4v) is 2.01. The van der Waals surface area contributed by atoms with Crippen molar-refractivity contribution in [2.45, 2.75) is 33.2 Å². The number of carboxylic acids is 1. The molecule has 0 aliphatic rings. The summed E-state index contributed by atoms with van der Waals surface area (Å²) in [4.78, 5) is 14.5. The number of aryl methyl sites for hydroxylation is 3. The summed E-state index contributed by atoms with van der Waals surface area (Å²) in [5, 5.41) is 8.69. The molecule has 0 atom stereocenters. The van der Waals surface area contributed by atoms with Crippen molar-refractivity contribution in [1.82, 2.24) is 9.55 Å². The van der Waals surface area contributed by atoms with E-state index in [4.69, 9.17) is 5.11 Å². The molecule has 0 saturated heterocycles. The van der Waals surface area contributed by atoms with E-state index in [1.54, 1.807) is 12.1 Å². The standard InChI is InChI=1S/C13H14F2N2O2/c1-7-5-9-10(6-8(7)2)17(4-3-11(18)19)13(16-9)12(14)15/h5-6,12H,3-4H2,1-2H3,(H,18,19). The minimum atomic E-state index is -2.72. The van der Waals surface area contributed by atoms with Crippen LogP contribution in [0.25, 0.3) is 11.0 Å². The molecule has 0 amide bonds. The van der Waals surface area contributed by atoms with E-state index in [1.165, 1.54) is 4.57 Å². The topological polar surface area (TPSA) is 55.1 Å². The highest BCUT2D eigenvalue weighted by Gasteiger charge is 2.19. The zero-order valence-electron chi connectivity index (χ0n) is 10.7. The Labute approximate surface area is 108 Å². The number of nitrogens with zero attached hydrogens (tertiary/aromatic N) is 2. The van der Waals surface area contributed by atoms with Crippen LogP contribution in [0, 0.1) is 13.8 Å². The number of aromatic nitrogens is 2. The van der Waals surface area contributed by atoms with E-state index < -0.39 is 12.4 Å². The minimum absolute atomic E-state index is 0.00594. The van der Waals surface area contributed by atoms with Crippen LogP contribution in [0.4, 0.5) is 8.78 Å². The molecule has 0 saturated carbocycles. The molecule has 0 bridgehead atoms. The highest BCUT2D eigenvalue weighted by atomic mass is 19.3. The summed E-state index contributed by atoms with van der Waals surface area (Å²) in [7, 11) is 0. The van der Waals surface area contributed by atoms with Gasteiger partial charge in [0.1, 0.15) is 0 Å². The SMILES string of the molecule is Cc1cc2nc(C(F)F)n(CCC(=O)O)c2cc1C. The van der Waals surface area contributed by atoms with E-state index in [1.807, 2.05) is 13.8 Å². The van der Waals surface area contributed by atoms with Gasteiger partial charge in [0.15, 0.2) is 5.82 Å². The van der Waals surface area contributed by atoms with Crippen molar-refractivity contribution in [2.75, 3.05) is 0 Å². The number of halogens is 2. The maximum atomic E-state index is 13.0. The Hall–Kier alpha value is -1.98. The van der Waals surface area contributed by atoms with Crippen LogP contribution < -0.4 is 0 Å². The van der Waals surface area contributed by atoms with E-state index in [0.29, 0.717) is 11.0 Å². The predicted molar refractivity (Wildman–Crippen MR) is 66.4 cm³/mol. The van der Waals surface area contributed by atoms with E-state index in [-0.39, 0.29) is 18.8 Å². The van der Waals surface area contributed by atoms with Crippen molar-refractivity contribution < 1.29 is 18.7 Å². The number of benzene rings is 1. The van der Waals surface area contributed by atoms with Crippen molar-refractivity contribution in [3.05, 3.63) is 29.1 Å². The summed E-state index contributed by atoms with van der Waals surface area (Å²) >= 11 is 0. The molecular formula is C13H14F2N2O2. The Morgan fingerprint density at radius 3 is 2.58 bits per heavy atom. The predicted octanol–water partition coefficient (Wildman–Crippen LogP) is 3.07. The number of fused-ring (bicyclic) bond motifs is 1. The summed E-state index contributed by atoms with van der Waals surface area (Å²) in [6, 6.07) is 3.51. The molecular weight excluding hydrogens is 254 g/mol. The molecule has 0 spiro atoms. The number of alkyl halides is 2. The van der Waals surface area contributed by atoms with Gasteiger partial charge < -0.3 is 9.67 Å². The summed E-state index contributed by atoms with van der Waals surface area (Å²) in [6.45, 7) is 3.76. The van der Waals surface area contributed by atoms with E-state index in [0.717, 1.165) is 11.1 Å². The van der Waals surface area contributed by atoms with Crippen LogP contribution >= 0.6 is 0 Å². The second kappa shape index (κ2) is 4.95. The Morgan fingerprint density at radius 1 is 1.37 bits per heavy atom. The zero-order chi connectivity index (χ0) is 14.2. The molecule has 2 rings (SSSR count). The molecule has 19 heavy (non-hydrogen) atoms. The van der Waals surface area contributed by atoms with Gasteiger partial charge in [0.05, 0.1) is 17.5 Å². The first-order valence-corrected chi connectivity index (χ1v) is 5.87. The normalized spacial score (nSPS) is 11.4. The Morgan fingerprint density at radius 2 is 2.00 bits per heavy atom. The molecule has 6 heteroatoms. The lowest BCUT2D eigenvalue weighted by molar-refractivity contribution is -0.137. The van der Waals surface area contributed by atoms with Crippen LogP contribution in [-0.4, -0.2) is 20.6 Å². The number of hydrogen-bond donors (Lipinski definition) is 1. The van der Waals surface area contributed by atoms with Crippen LogP contribution in [0.2, 0.25) is 0 Å². The molecule has 102 valence electrons. The Kier molecular flexibility index (Phi) is 3.50. The number of hydrogen-bond acceptors (Lipinski definition) is 2. The van der Waals surface area contributed by atoms with E-state index in [9.17, 15) is 13.6 Å². The van der Waals surface area contributed by atoms with Gasteiger partial charge in [0, 0.05) is 6.54 Å². The first-order valence-electron chi connectivity index (χ1n) is 5.87. The van der Waals surface area contributed by atoms with Gasteiger partial charge in [-0.25, -0.2) is 13.8 Å². The Balaban J connectivity index is 2.58. The van der Waals surface area contributed by atoms with Gasteiger partial charge in [-0.3, -0.25) is 4.79 Å². The third-order valence-corrected chi connectivity index (χ3v) is 3.14. The monoisotopic (exact) mass is 268 g/mol. The third-order valence-electron chi connectivity index (χ3n) is 3.14. The minimum Gasteiger partial charge on any atom is -0.481 e. The van der Waals surface area contributed by atoms with Gasteiger partial charge in [0.2, 0.25) is 0 Å². The summed E-state index contributed by atoms with van der Waals surface area (Å²) < 4.78 is 27.2. The van der Waals surface area contributed by atoms with Crippen LogP contribution in [0.3, 0.4) is 0 Å². The van der Waals surface area contributed by atoms with Crippen molar-refractivity contribution in [2.24, 2.45) is 0 Å². The van der Waals surface area contributed by atoms with Gasteiger partial charge in [-0.15, -0.1) is 0 Å². The summed E-state index contributed by atoms with van der Waals surface area (Å²) in [6.07, 6.45) is -2.93. The number of rotatable bonds is 4. The highest BCUT2D eigenvalue weighted by Crippen LogP contribution is 2.26. The second-order valence-corrected chi connectivity index (χ2v) is 4.49. The number of carboxylic acid groups (broad SMARTS) is 1. The molecule has 4 nitrogen and oxygen atoms in total. The number of imidazole rings is 1. The molecule has 0 radical (unpaired) electrons. The van der Waals surface area contributed by atoms with E-state index >= 15 is 0 Å². The van der Waals surface area contributed by atoms with Gasteiger partial charge in [0.25, 0.3) is 6.43 Å². The average Bonchev–Trinajstić information content (AvgIpc) is 2.65. The van der Waals surface area contributed by atoms with Gasteiger partial charge in [-0.05, 0) is 37.1 Å². The molecule has 0 aliphatic heterocycles. The fourth-order valence-electron chi connectivity index (χ4n) is 2.01. The quantitative estimate of drug-likeness (QED) is 0.927. The smallest absolute Gasteiger partial charge is 0.305 e. The van der Waals surface area contributed by atoms with Crippen molar-refractivity contribution >= 4 is 17.0 Å². The molecule has 0 aliphatic carbocycles. The molecule has 1 aromatic heterocycles. The maximum Gasteiger partial charge on any atom is 0.305 e. The molecule has 0 fully saturated rings. The lowest BCUT2D eigenvalue weighted by Gasteiger charge is -2.07. The van der Waals surface area contributed by atoms with E-state index in [2.05, 4.69) is 4.98 Å². The lowest BCUT2D eigenvalue weighted by atomic mass is 10.1. The van der Waals surface area contributed by atoms with Crippen molar-refractivity contribution in [3.63, 3.8) is 0 Å². The average molecular weight is 268 g/mol. The maximum absolute atomic E-state index is 13.0. The van der Waals surface area contributed by atoms with Gasteiger partial charge in [-0.1, -0.05) is 0 Å². The molecule has 1 N–H and O–H groups in total. The summed E-state index contributed by atoms with van der Waals surface area (Å²) in [5.41, 5.74) is 2.96. The second-order valence-electron chi connectivity index (χ2n) is 4.49. The molecule has 2 aromatic rings. The highest BCUT2D eigenvalue weighted by molar-refractivity contribution is 5.78. The summed E-state index contributed by atoms with van der Waals surface area (Å²) in [5.74, 6) is -1.40. The number of carbonyl (C=O) groups is 1. The fraction of sp³-hybridized carbons (Fsp3) is 0.385. The van der Waals surface area contributed by atoms with Crippen LogP contribution in [0.1, 0.15) is 29.8 Å². The zero-order valence-corrected chi connectivity index (χ0v) is 10.7. The van der Waals surface area contributed by atoms with Crippen molar-refractivity contribution in [3.8, 4) is 0 Å². The van der Waals surface area contributed by atoms with Crippen LogP contribution in [0.15, 0.2) is 12.1 Å². The third kappa shape index (κ3) is 2.57. The first kappa shape index (κ1) is 13.5. The largest absolute Gasteiger partial charge is 0.481 e.